The molecule has 0 aromatic carbocycles. The Morgan fingerprint density at radius 1 is 1.44 bits per heavy atom. The highest BCUT2D eigenvalue weighted by Gasteiger charge is 2.16. The van der Waals surface area contributed by atoms with Crippen LogP contribution in [0.15, 0.2) is 0 Å². The van der Waals surface area contributed by atoms with E-state index in [9.17, 15) is 9.59 Å². The van der Waals surface area contributed by atoms with Crippen molar-refractivity contribution in [3.63, 3.8) is 0 Å². The van der Waals surface area contributed by atoms with Gasteiger partial charge in [-0.25, -0.2) is 4.68 Å². The number of hydrogen-bond donors (Lipinski definition) is 0. The number of nitrogens with zero attached hydrogens (tertiary/aromatic N) is 3. The molecule has 1 unspecified atom stereocenters. The minimum atomic E-state index is -0.442. The number of carbonyl (C=O) groups is 2. The van der Waals surface area contributed by atoms with Crippen LogP contribution in [0.25, 0.3) is 0 Å². The fourth-order valence-electron chi connectivity index (χ4n) is 1.49. The number of aromatic nitrogens is 3. The van der Waals surface area contributed by atoms with Gasteiger partial charge < -0.3 is 9.47 Å². The average molecular weight is 255 g/mol. The Bertz CT molecular complexity index is 441. The lowest BCUT2D eigenvalue weighted by Crippen LogP contribution is -2.23. The zero-order valence-electron chi connectivity index (χ0n) is 11.0. The molecule has 0 aliphatic rings. The molecular weight excluding hydrogens is 238 g/mol. The van der Waals surface area contributed by atoms with Crippen molar-refractivity contribution in [2.24, 2.45) is 0 Å². The summed E-state index contributed by atoms with van der Waals surface area (Å²) in [6, 6.07) is 0. The van der Waals surface area contributed by atoms with E-state index in [4.69, 9.17) is 9.47 Å². The summed E-state index contributed by atoms with van der Waals surface area (Å²) in [5, 5.41) is 7.46. The van der Waals surface area contributed by atoms with Crippen LogP contribution in [0, 0.1) is 6.92 Å². The van der Waals surface area contributed by atoms with E-state index in [1.807, 2.05) is 0 Å². The second-order valence-corrected chi connectivity index (χ2v) is 3.99. The SMILES string of the molecule is COCC(C)OC(=O)Cn1nnc(C(C)=O)c1C. The van der Waals surface area contributed by atoms with Crippen molar-refractivity contribution >= 4 is 11.8 Å². The third-order valence-corrected chi connectivity index (χ3v) is 2.33. The van der Waals surface area contributed by atoms with Crippen molar-refractivity contribution < 1.29 is 19.1 Å². The Balaban J connectivity index is 2.62. The van der Waals surface area contributed by atoms with Crippen molar-refractivity contribution in [2.45, 2.75) is 33.4 Å². The highest BCUT2D eigenvalue weighted by atomic mass is 16.6. The largest absolute Gasteiger partial charge is 0.459 e. The maximum absolute atomic E-state index is 11.6. The topological polar surface area (TPSA) is 83.3 Å². The van der Waals surface area contributed by atoms with Gasteiger partial charge in [0.2, 0.25) is 0 Å². The first-order valence-corrected chi connectivity index (χ1v) is 5.55. The quantitative estimate of drug-likeness (QED) is 0.539. The highest BCUT2D eigenvalue weighted by molar-refractivity contribution is 5.93. The first kappa shape index (κ1) is 14.3. The van der Waals surface area contributed by atoms with E-state index in [2.05, 4.69) is 10.3 Å². The lowest BCUT2D eigenvalue weighted by molar-refractivity contribution is -0.151. The van der Waals surface area contributed by atoms with Gasteiger partial charge in [0.05, 0.1) is 12.3 Å². The molecule has 7 heteroatoms. The monoisotopic (exact) mass is 255 g/mol. The molecule has 0 aliphatic carbocycles. The second kappa shape index (κ2) is 6.25. The molecule has 0 spiro atoms. The Hall–Kier alpha value is -1.76. The van der Waals surface area contributed by atoms with Gasteiger partial charge in [-0.15, -0.1) is 5.10 Å². The van der Waals surface area contributed by atoms with Gasteiger partial charge in [-0.2, -0.15) is 0 Å². The Morgan fingerprint density at radius 2 is 2.11 bits per heavy atom. The standard InChI is InChI=1S/C11H17N3O4/c1-7(6-17-4)18-10(16)5-14-8(2)11(9(3)15)12-13-14/h7H,5-6H2,1-4H3. The van der Waals surface area contributed by atoms with E-state index >= 15 is 0 Å². The van der Waals surface area contributed by atoms with Gasteiger partial charge in [-0.3, -0.25) is 9.59 Å². The summed E-state index contributed by atoms with van der Waals surface area (Å²) in [7, 11) is 1.53. The molecule has 1 aromatic rings. The number of rotatable bonds is 6. The maximum atomic E-state index is 11.6. The number of ether oxygens (including phenoxy) is 2. The fraction of sp³-hybridized carbons (Fsp3) is 0.636. The summed E-state index contributed by atoms with van der Waals surface area (Å²) < 4.78 is 11.3. The Kier molecular flexibility index (Phi) is 4.96. The zero-order chi connectivity index (χ0) is 13.7. The summed E-state index contributed by atoms with van der Waals surface area (Å²) >= 11 is 0. The summed E-state index contributed by atoms with van der Waals surface area (Å²) in [5.74, 6) is -0.623. The molecular formula is C11H17N3O4. The molecule has 0 radical (unpaired) electrons. The summed E-state index contributed by atoms with van der Waals surface area (Å²) in [4.78, 5) is 22.8. The molecule has 18 heavy (non-hydrogen) atoms. The van der Waals surface area contributed by atoms with Gasteiger partial charge in [0, 0.05) is 14.0 Å². The third-order valence-electron chi connectivity index (χ3n) is 2.33. The van der Waals surface area contributed by atoms with E-state index in [1.54, 1.807) is 13.8 Å². The molecule has 0 saturated carbocycles. The molecule has 1 rings (SSSR count). The molecule has 0 fully saturated rings. The first-order chi connectivity index (χ1) is 8.45. The van der Waals surface area contributed by atoms with Gasteiger partial charge >= 0.3 is 5.97 Å². The number of hydrogen-bond acceptors (Lipinski definition) is 6. The minimum absolute atomic E-state index is 0.0693. The van der Waals surface area contributed by atoms with E-state index in [1.165, 1.54) is 18.7 Å². The number of ketones is 1. The molecule has 0 N–H and O–H groups in total. The van der Waals surface area contributed by atoms with Gasteiger partial charge in [0.15, 0.2) is 11.5 Å². The van der Waals surface area contributed by atoms with Crippen LogP contribution in [0.1, 0.15) is 30.0 Å². The number of Topliss-reactive ketones (excluding diaryl/α,β-unsaturated/α-hetero) is 1. The van der Waals surface area contributed by atoms with Gasteiger partial charge in [0.25, 0.3) is 0 Å². The van der Waals surface area contributed by atoms with E-state index in [-0.39, 0.29) is 24.1 Å². The molecule has 0 bridgehead atoms. The molecule has 7 nitrogen and oxygen atoms in total. The molecule has 100 valence electrons. The molecule has 0 saturated heterocycles. The van der Waals surface area contributed by atoms with Crippen LogP contribution in [0.2, 0.25) is 0 Å². The van der Waals surface area contributed by atoms with Gasteiger partial charge in [-0.1, -0.05) is 5.21 Å². The third kappa shape index (κ3) is 3.63. The van der Waals surface area contributed by atoms with Crippen LogP contribution in [-0.4, -0.2) is 46.6 Å². The van der Waals surface area contributed by atoms with Crippen LogP contribution in [0.5, 0.6) is 0 Å². The van der Waals surface area contributed by atoms with Crippen molar-refractivity contribution in [3.8, 4) is 0 Å². The van der Waals surface area contributed by atoms with Gasteiger partial charge in [0.1, 0.15) is 12.6 Å². The van der Waals surface area contributed by atoms with Crippen molar-refractivity contribution in [3.05, 3.63) is 11.4 Å². The molecule has 1 heterocycles. The normalized spacial score (nSPS) is 12.2. The van der Waals surface area contributed by atoms with Crippen molar-refractivity contribution in [2.75, 3.05) is 13.7 Å². The average Bonchev–Trinajstić information content (AvgIpc) is 2.60. The van der Waals surface area contributed by atoms with Crippen molar-refractivity contribution in [1.82, 2.24) is 15.0 Å². The first-order valence-electron chi connectivity index (χ1n) is 5.55. The lowest BCUT2D eigenvalue weighted by Gasteiger charge is -2.12. The predicted octanol–water partition coefficient (Wildman–Crippen LogP) is 0.367. The summed E-state index contributed by atoms with van der Waals surface area (Å²) in [5.41, 5.74) is 0.826. The molecule has 0 aliphatic heterocycles. The summed E-state index contributed by atoms with van der Waals surface area (Å²) in [6.45, 7) is 5.08. The summed E-state index contributed by atoms with van der Waals surface area (Å²) in [6.07, 6.45) is -0.321. The second-order valence-electron chi connectivity index (χ2n) is 3.99. The fourth-order valence-corrected chi connectivity index (χ4v) is 1.49. The Labute approximate surface area is 105 Å². The molecule has 1 aromatic heterocycles. The van der Waals surface area contributed by atoms with Crippen LogP contribution in [0.3, 0.4) is 0 Å². The highest BCUT2D eigenvalue weighted by Crippen LogP contribution is 2.05. The van der Waals surface area contributed by atoms with Crippen LogP contribution in [-0.2, 0) is 20.8 Å². The maximum Gasteiger partial charge on any atom is 0.328 e. The number of carbonyl (C=O) groups excluding carboxylic acids is 2. The lowest BCUT2D eigenvalue weighted by atomic mass is 10.2. The number of esters is 1. The van der Waals surface area contributed by atoms with Gasteiger partial charge in [-0.05, 0) is 13.8 Å². The van der Waals surface area contributed by atoms with Crippen LogP contribution >= 0.6 is 0 Å². The predicted molar refractivity (Wildman–Crippen MR) is 62.2 cm³/mol. The van der Waals surface area contributed by atoms with E-state index in [0.29, 0.717) is 12.3 Å². The van der Waals surface area contributed by atoms with E-state index in [0.717, 1.165) is 0 Å². The number of methoxy groups -OCH3 is 1. The minimum Gasteiger partial charge on any atom is -0.459 e. The van der Waals surface area contributed by atoms with Crippen LogP contribution in [0.4, 0.5) is 0 Å². The van der Waals surface area contributed by atoms with Crippen molar-refractivity contribution in [1.29, 1.82) is 0 Å². The Morgan fingerprint density at radius 3 is 2.61 bits per heavy atom. The molecule has 1 atom stereocenters. The zero-order valence-corrected chi connectivity index (χ0v) is 11.0. The van der Waals surface area contributed by atoms with E-state index < -0.39 is 5.97 Å². The van der Waals surface area contributed by atoms with Crippen LogP contribution < -0.4 is 0 Å². The molecule has 0 amide bonds. The smallest absolute Gasteiger partial charge is 0.328 e.